The van der Waals surface area contributed by atoms with E-state index in [1.165, 1.54) is 18.2 Å². The Bertz CT molecular complexity index is 1010. The van der Waals surface area contributed by atoms with Crippen LogP contribution in [0.2, 0.25) is 0 Å². The third-order valence-corrected chi connectivity index (χ3v) is 4.71. The number of hydrogen-bond acceptors (Lipinski definition) is 4. The number of amides is 1. The van der Waals surface area contributed by atoms with Gasteiger partial charge in [-0.3, -0.25) is 9.59 Å². The van der Waals surface area contributed by atoms with Crippen molar-refractivity contribution in [1.29, 1.82) is 0 Å². The van der Waals surface area contributed by atoms with Gasteiger partial charge in [-0.05, 0) is 49.2 Å². The molecule has 27 heavy (non-hydrogen) atoms. The Morgan fingerprint density at radius 1 is 1.04 bits per heavy atom. The van der Waals surface area contributed by atoms with Gasteiger partial charge in [-0.15, -0.1) is 0 Å². The van der Waals surface area contributed by atoms with E-state index in [9.17, 15) is 9.59 Å². The summed E-state index contributed by atoms with van der Waals surface area (Å²) in [4.78, 5) is 30.5. The summed E-state index contributed by atoms with van der Waals surface area (Å²) in [6.07, 6.45) is 2.73. The molecule has 1 aromatic heterocycles. The molecule has 0 bridgehead atoms. The van der Waals surface area contributed by atoms with Gasteiger partial charge in [0.1, 0.15) is 5.69 Å². The monoisotopic (exact) mass is 357 g/mol. The largest absolute Gasteiger partial charge is 0.340 e. The van der Waals surface area contributed by atoms with Gasteiger partial charge in [-0.2, -0.15) is 0 Å². The maximum atomic E-state index is 12.5. The van der Waals surface area contributed by atoms with Gasteiger partial charge in [0, 0.05) is 23.5 Å². The Balaban J connectivity index is 1.50. The Morgan fingerprint density at radius 2 is 1.89 bits per heavy atom. The van der Waals surface area contributed by atoms with Crippen molar-refractivity contribution >= 4 is 28.8 Å². The zero-order chi connectivity index (χ0) is 18.8. The highest BCUT2D eigenvalue weighted by Crippen LogP contribution is 2.33. The van der Waals surface area contributed by atoms with E-state index in [4.69, 9.17) is 0 Å². The Hall–Kier alpha value is -3.47. The van der Waals surface area contributed by atoms with Crippen molar-refractivity contribution < 1.29 is 9.59 Å². The number of rotatable bonds is 4. The van der Waals surface area contributed by atoms with Crippen molar-refractivity contribution in [2.45, 2.75) is 13.3 Å². The molecule has 0 fully saturated rings. The molecule has 134 valence electrons. The molecule has 1 aliphatic heterocycles. The van der Waals surface area contributed by atoms with E-state index < -0.39 is 0 Å². The van der Waals surface area contributed by atoms with Crippen LogP contribution in [-0.4, -0.2) is 23.2 Å². The van der Waals surface area contributed by atoms with Crippen LogP contribution >= 0.6 is 0 Å². The highest BCUT2D eigenvalue weighted by Gasteiger charge is 2.20. The van der Waals surface area contributed by atoms with Crippen molar-refractivity contribution in [1.82, 2.24) is 4.98 Å². The SMILES string of the molecule is CC(=O)c1cccc(NC(=O)c2ccc(N3CCc4ccccc43)cn2)c1. The van der Waals surface area contributed by atoms with Crippen LogP contribution in [0.4, 0.5) is 17.1 Å². The van der Waals surface area contributed by atoms with E-state index in [-0.39, 0.29) is 11.7 Å². The molecule has 0 atom stereocenters. The lowest BCUT2D eigenvalue weighted by Crippen LogP contribution is -2.16. The van der Waals surface area contributed by atoms with Crippen LogP contribution in [0.3, 0.4) is 0 Å². The van der Waals surface area contributed by atoms with Crippen molar-refractivity contribution in [3.63, 3.8) is 0 Å². The summed E-state index contributed by atoms with van der Waals surface area (Å²) in [5, 5.41) is 2.79. The first kappa shape index (κ1) is 17.0. The van der Waals surface area contributed by atoms with Crippen LogP contribution in [0.5, 0.6) is 0 Å². The number of para-hydroxylation sites is 1. The third-order valence-electron chi connectivity index (χ3n) is 4.71. The van der Waals surface area contributed by atoms with Gasteiger partial charge in [-0.25, -0.2) is 4.98 Å². The fraction of sp³-hybridized carbons (Fsp3) is 0.136. The molecule has 1 aliphatic rings. The van der Waals surface area contributed by atoms with Gasteiger partial charge in [0.25, 0.3) is 5.91 Å². The van der Waals surface area contributed by atoms with Gasteiger partial charge >= 0.3 is 0 Å². The van der Waals surface area contributed by atoms with Crippen LogP contribution in [-0.2, 0) is 6.42 Å². The number of pyridine rings is 1. The minimum absolute atomic E-state index is 0.0422. The maximum absolute atomic E-state index is 12.5. The molecule has 2 heterocycles. The van der Waals surface area contributed by atoms with Crippen LogP contribution in [0.1, 0.15) is 33.3 Å². The normalized spacial score (nSPS) is 12.6. The number of nitrogens with zero attached hydrogens (tertiary/aromatic N) is 2. The molecular weight excluding hydrogens is 338 g/mol. The third kappa shape index (κ3) is 3.44. The molecule has 0 radical (unpaired) electrons. The number of carbonyl (C=O) groups is 2. The maximum Gasteiger partial charge on any atom is 0.274 e. The van der Waals surface area contributed by atoms with E-state index in [1.54, 1.807) is 36.5 Å². The minimum atomic E-state index is -0.302. The number of nitrogens with one attached hydrogen (secondary N) is 1. The topological polar surface area (TPSA) is 62.3 Å². The lowest BCUT2D eigenvalue weighted by Gasteiger charge is -2.19. The molecule has 0 saturated heterocycles. The lowest BCUT2D eigenvalue weighted by molar-refractivity contribution is 0.100. The number of hydrogen-bond donors (Lipinski definition) is 1. The summed E-state index contributed by atoms with van der Waals surface area (Å²) >= 11 is 0. The van der Waals surface area contributed by atoms with Crippen LogP contribution < -0.4 is 10.2 Å². The second-order valence-corrected chi connectivity index (χ2v) is 6.52. The summed E-state index contributed by atoms with van der Waals surface area (Å²) in [7, 11) is 0. The number of anilines is 3. The van der Waals surface area contributed by atoms with Crippen molar-refractivity contribution in [2.75, 3.05) is 16.8 Å². The van der Waals surface area contributed by atoms with Gasteiger partial charge in [-0.1, -0.05) is 30.3 Å². The summed E-state index contributed by atoms with van der Waals surface area (Å²) in [6.45, 7) is 2.40. The summed E-state index contributed by atoms with van der Waals surface area (Å²) in [6, 6.07) is 18.8. The molecule has 1 N–H and O–H groups in total. The molecule has 5 nitrogen and oxygen atoms in total. The Labute approximate surface area is 157 Å². The molecule has 0 spiro atoms. The molecule has 3 aromatic rings. The van der Waals surface area contributed by atoms with Gasteiger partial charge in [0.15, 0.2) is 5.78 Å². The molecule has 5 heteroatoms. The van der Waals surface area contributed by atoms with Crippen molar-refractivity contribution in [3.05, 3.63) is 83.7 Å². The molecular formula is C22H19N3O2. The summed E-state index contributed by atoms with van der Waals surface area (Å²) in [5.41, 5.74) is 4.95. The minimum Gasteiger partial charge on any atom is -0.340 e. The molecule has 0 unspecified atom stereocenters. The predicted molar refractivity (Wildman–Crippen MR) is 106 cm³/mol. The first-order valence-electron chi connectivity index (χ1n) is 8.86. The number of fused-ring (bicyclic) bond motifs is 1. The van der Waals surface area contributed by atoms with Gasteiger partial charge in [0.2, 0.25) is 0 Å². The van der Waals surface area contributed by atoms with Crippen molar-refractivity contribution in [2.24, 2.45) is 0 Å². The highest BCUT2D eigenvalue weighted by atomic mass is 16.2. The zero-order valence-corrected chi connectivity index (χ0v) is 15.0. The zero-order valence-electron chi connectivity index (χ0n) is 15.0. The molecule has 4 rings (SSSR count). The highest BCUT2D eigenvalue weighted by molar-refractivity contribution is 6.04. The molecule has 0 aliphatic carbocycles. The lowest BCUT2D eigenvalue weighted by atomic mass is 10.1. The average Bonchev–Trinajstić information content (AvgIpc) is 3.12. The molecule has 2 aromatic carbocycles. The van der Waals surface area contributed by atoms with E-state index >= 15 is 0 Å². The van der Waals surface area contributed by atoms with E-state index in [0.29, 0.717) is 16.9 Å². The molecule has 1 amide bonds. The standard InChI is InChI=1S/C22H19N3O2/c1-15(26)17-6-4-7-18(13-17)24-22(27)20-10-9-19(14-23-20)25-12-11-16-5-2-3-8-21(16)25/h2-10,13-14H,11-12H2,1H3,(H,24,27). The number of ketones is 1. The number of aromatic nitrogens is 1. The van der Waals surface area contributed by atoms with Crippen LogP contribution in [0, 0.1) is 0 Å². The van der Waals surface area contributed by atoms with Gasteiger partial charge in [0.05, 0.1) is 11.9 Å². The fourth-order valence-electron chi connectivity index (χ4n) is 3.30. The second-order valence-electron chi connectivity index (χ2n) is 6.52. The fourth-order valence-corrected chi connectivity index (χ4v) is 3.30. The summed E-state index contributed by atoms with van der Waals surface area (Å²) < 4.78 is 0. The predicted octanol–water partition coefficient (Wildman–Crippen LogP) is 4.23. The first-order valence-corrected chi connectivity index (χ1v) is 8.86. The number of Topliss-reactive ketones (excluding diaryl/α,β-unsaturated/α-hetero) is 1. The molecule has 0 saturated carbocycles. The van der Waals surface area contributed by atoms with E-state index in [1.807, 2.05) is 12.1 Å². The van der Waals surface area contributed by atoms with E-state index in [0.717, 1.165) is 18.7 Å². The number of carbonyl (C=O) groups excluding carboxylic acids is 2. The second kappa shape index (κ2) is 7.03. The Kier molecular flexibility index (Phi) is 4.42. The van der Waals surface area contributed by atoms with Gasteiger partial charge < -0.3 is 10.2 Å². The van der Waals surface area contributed by atoms with Crippen LogP contribution in [0.15, 0.2) is 66.9 Å². The van der Waals surface area contributed by atoms with Crippen LogP contribution in [0.25, 0.3) is 0 Å². The van der Waals surface area contributed by atoms with E-state index in [2.05, 4.69) is 33.4 Å². The summed E-state index contributed by atoms with van der Waals surface area (Å²) in [5.74, 6) is -0.344. The first-order chi connectivity index (χ1) is 13.1. The smallest absolute Gasteiger partial charge is 0.274 e. The quantitative estimate of drug-likeness (QED) is 0.710. The Morgan fingerprint density at radius 3 is 2.67 bits per heavy atom. The average molecular weight is 357 g/mol. The van der Waals surface area contributed by atoms with Crippen molar-refractivity contribution in [3.8, 4) is 0 Å². The number of benzene rings is 2.